The molecular weight excluding hydrogens is 216 g/mol. The molecule has 2 N–H and O–H groups in total. The zero-order chi connectivity index (χ0) is 11.8. The Kier molecular flexibility index (Phi) is 2.94. The van der Waals surface area contributed by atoms with E-state index in [-0.39, 0.29) is 10.7 Å². The zero-order valence-electron chi connectivity index (χ0n) is 9.35. The second-order valence-electron chi connectivity index (χ2n) is 3.45. The molecule has 6 nitrogen and oxygen atoms in total. The van der Waals surface area contributed by atoms with Crippen LogP contribution in [0, 0.1) is 0 Å². The molecule has 0 aliphatic carbocycles. The minimum Gasteiger partial charge on any atom is -0.383 e. The summed E-state index contributed by atoms with van der Waals surface area (Å²) < 4.78 is 24.5. The minimum atomic E-state index is -3.35. The molecule has 1 rings (SSSR count). The fourth-order valence-electron chi connectivity index (χ4n) is 1.26. The van der Waals surface area contributed by atoms with E-state index in [9.17, 15) is 8.42 Å². The summed E-state index contributed by atoms with van der Waals surface area (Å²) in [7, 11) is 0.0479. The van der Waals surface area contributed by atoms with Crippen LogP contribution < -0.4 is 10.6 Å². The van der Waals surface area contributed by atoms with Crippen LogP contribution in [-0.4, -0.2) is 38.0 Å². The number of rotatable bonds is 3. The van der Waals surface area contributed by atoms with Gasteiger partial charge in [-0.15, -0.1) is 0 Å². The Morgan fingerprint density at radius 3 is 2.47 bits per heavy atom. The van der Waals surface area contributed by atoms with Crippen LogP contribution in [0.3, 0.4) is 0 Å². The van der Waals surface area contributed by atoms with E-state index in [1.807, 2.05) is 6.92 Å². The molecule has 0 aromatic carbocycles. The van der Waals surface area contributed by atoms with Gasteiger partial charge in [0.2, 0.25) is 0 Å². The monoisotopic (exact) mass is 232 g/mol. The summed E-state index contributed by atoms with van der Waals surface area (Å²) in [5.41, 5.74) is 5.68. The van der Waals surface area contributed by atoms with Gasteiger partial charge in [-0.1, -0.05) is 0 Å². The van der Waals surface area contributed by atoms with E-state index in [0.29, 0.717) is 12.4 Å². The molecule has 0 saturated heterocycles. The lowest BCUT2D eigenvalue weighted by Gasteiger charge is -2.14. The normalized spacial score (nSPS) is 11.7. The number of nitrogens with two attached hydrogens (primary N) is 1. The fourth-order valence-corrected chi connectivity index (χ4v) is 2.30. The first-order chi connectivity index (χ1) is 6.79. The Bertz CT molecular complexity index is 463. The number of hydrogen-bond acceptors (Lipinski definition) is 5. The van der Waals surface area contributed by atoms with Gasteiger partial charge >= 0.3 is 0 Å². The topological polar surface area (TPSA) is 81.2 Å². The van der Waals surface area contributed by atoms with Crippen LogP contribution in [0.25, 0.3) is 0 Å². The second-order valence-corrected chi connectivity index (χ2v) is 5.40. The standard InChI is InChI=1S/C8H16N4O2S/c1-5-11(2)8-6(15(4,13)14)7(9)12(3)10-8/h5,9H2,1-4H3. The quantitative estimate of drug-likeness (QED) is 0.784. The third-order valence-corrected chi connectivity index (χ3v) is 3.37. The Morgan fingerprint density at radius 1 is 1.53 bits per heavy atom. The summed E-state index contributed by atoms with van der Waals surface area (Å²) in [5.74, 6) is 0.577. The predicted molar refractivity (Wildman–Crippen MR) is 59.7 cm³/mol. The maximum absolute atomic E-state index is 11.5. The number of nitrogen functional groups attached to an aromatic ring is 1. The number of aromatic nitrogens is 2. The third-order valence-electron chi connectivity index (χ3n) is 2.24. The van der Waals surface area contributed by atoms with Crippen molar-refractivity contribution < 1.29 is 8.42 Å². The predicted octanol–water partition coefficient (Wildman–Crippen LogP) is -0.138. The van der Waals surface area contributed by atoms with Gasteiger partial charge in [0.25, 0.3) is 0 Å². The maximum atomic E-state index is 11.5. The molecular formula is C8H16N4O2S. The van der Waals surface area contributed by atoms with Gasteiger partial charge in [0.05, 0.1) is 0 Å². The molecule has 0 aliphatic rings. The van der Waals surface area contributed by atoms with Crippen LogP contribution in [0.15, 0.2) is 4.90 Å². The van der Waals surface area contributed by atoms with Crippen LogP contribution >= 0.6 is 0 Å². The van der Waals surface area contributed by atoms with Crippen LogP contribution in [0.4, 0.5) is 11.6 Å². The number of aryl methyl sites for hydroxylation is 1. The van der Waals surface area contributed by atoms with Crippen molar-refractivity contribution in [2.75, 3.05) is 30.5 Å². The Labute approximate surface area is 89.6 Å². The first kappa shape index (κ1) is 11.8. The van der Waals surface area contributed by atoms with Gasteiger partial charge < -0.3 is 10.6 Å². The number of sulfone groups is 1. The highest BCUT2D eigenvalue weighted by atomic mass is 32.2. The zero-order valence-corrected chi connectivity index (χ0v) is 10.2. The molecule has 1 aromatic heterocycles. The molecule has 0 atom stereocenters. The number of anilines is 2. The van der Waals surface area contributed by atoms with E-state index in [1.54, 1.807) is 19.0 Å². The van der Waals surface area contributed by atoms with Crippen molar-refractivity contribution in [3.8, 4) is 0 Å². The largest absolute Gasteiger partial charge is 0.383 e. The lowest BCUT2D eigenvalue weighted by atomic mass is 10.5. The van der Waals surface area contributed by atoms with E-state index in [1.165, 1.54) is 4.68 Å². The van der Waals surface area contributed by atoms with Crippen LogP contribution in [0.1, 0.15) is 6.92 Å². The summed E-state index contributed by atoms with van der Waals surface area (Å²) in [4.78, 5) is 1.85. The highest BCUT2D eigenvalue weighted by molar-refractivity contribution is 7.91. The van der Waals surface area contributed by atoms with Gasteiger partial charge in [-0.25, -0.2) is 13.1 Å². The molecule has 1 heterocycles. The van der Waals surface area contributed by atoms with Crippen molar-refractivity contribution in [2.24, 2.45) is 7.05 Å². The summed E-state index contributed by atoms with van der Waals surface area (Å²) >= 11 is 0. The number of nitrogens with zero attached hydrogens (tertiary/aromatic N) is 3. The van der Waals surface area contributed by atoms with Gasteiger partial charge in [0.1, 0.15) is 5.82 Å². The molecule has 1 aromatic rings. The molecule has 0 bridgehead atoms. The van der Waals surface area contributed by atoms with Gasteiger partial charge in [0, 0.05) is 26.9 Å². The Morgan fingerprint density at radius 2 is 2.07 bits per heavy atom. The van der Waals surface area contributed by atoms with Crippen LogP contribution in [0.2, 0.25) is 0 Å². The molecule has 0 spiro atoms. The fraction of sp³-hybridized carbons (Fsp3) is 0.625. The van der Waals surface area contributed by atoms with Gasteiger partial charge in [-0.05, 0) is 6.92 Å². The average molecular weight is 232 g/mol. The van der Waals surface area contributed by atoms with Crippen LogP contribution in [0.5, 0.6) is 0 Å². The maximum Gasteiger partial charge on any atom is 0.182 e. The van der Waals surface area contributed by atoms with Crippen molar-refractivity contribution in [1.82, 2.24) is 9.78 Å². The van der Waals surface area contributed by atoms with Crippen molar-refractivity contribution in [1.29, 1.82) is 0 Å². The lowest BCUT2D eigenvalue weighted by Crippen LogP contribution is -2.19. The lowest BCUT2D eigenvalue weighted by molar-refractivity contribution is 0.602. The first-order valence-electron chi connectivity index (χ1n) is 4.52. The minimum absolute atomic E-state index is 0.106. The van der Waals surface area contributed by atoms with E-state index in [4.69, 9.17) is 5.73 Å². The van der Waals surface area contributed by atoms with Crippen molar-refractivity contribution in [3.05, 3.63) is 0 Å². The molecule has 0 radical (unpaired) electrons. The Balaban J connectivity index is 3.48. The third kappa shape index (κ3) is 2.06. The molecule has 0 saturated carbocycles. The second kappa shape index (κ2) is 3.73. The summed E-state index contributed by atoms with van der Waals surface area (Å²) in [6.07, 6.45) is 1.13. The van der Waals surface area contributed by atoms with Gasteiger partial charge in [-0.2, -0.15) is 5.10 Å². The summed E-state index contributed by atoms with van der Waals surface area (Å²) in [6, 6.07) is 0. The Hall–Kier alpha value is -1.24. The van der Waals surface area contributed by atoms with E-state index in [2.05, 4.69) is 5.10 Å². The SMILES string of the molecule is CCN(C)c1nn(C)c(N)c1S(C)(=O)=O. The highest BCUT2D eigenvalue weighted by Gasteiger charge is 2.24. The van der Waals surface area contributed by atoms with Gasteiger partial charge in [0.15, 0.2) is 20.6 Å². The molecule has 0 aliphatic heterocycles. The molecule has 15 heavy (non-hydrogen) atoms. The molecule has 0 unspecified atom stereocenters. The van der Waals surface area contributed by atoms with Crippen molar-refractivity contribution in [3.63, 3.8) is 0 Å². The van der Waals surface area contributed by atoms with E-state index < -0.39 is 9.84 Å². The van der Waals surface area contributed by atoms with Crippen LogP contribution in [-0.2, 0) is 16.9 Å². The molecule has 86 valence electrons. The summed E-state index contributed by atoms with van der Waals surface area (Å²) in [6.45, 7) is 2.58. The van der Waals surface area contributed by atoms with Gasteiger partial charge in [-0.3, -0.25) is 0 Å². The molecule has 7 heteroatoms. The van der Waals surface area contributed by atoms with E-state index >= 15 is 0 Å². The van der Waals surface area contributed by atoms with Crippen molar-refractivity contribution in [2.45, 2.75) is 11.8 Å². The average Bonchev–Trinajstić information content (AvgIpc) is 2.41. The first-order valence-corrected chi connectivity index (χ1v) is 6.41. The smallest absolute Gasteiger partial charge is 0.182 e. The highest BCUT2D eigenvalue weighted by Crippen LogP contribution is 2.28. The summed E-state index contributed by atoms with van der Waals surface area (Å²) in [5, 5.41) is 4.09. The molecule has 0 fully saturated rings. The van der Waals surface area contributed by atoms with E-state index in [0.717, 1.165) is 6.26 Å². The number of hydrogen-bond donors (Lipinski definition) is 1. The van der Waals surface area contributed by atoms with Crippen molar-refractivity contribution >= 4 is 21.5 Å². The molecule has 0 amide bonds.